The fraction of sp³-hybridized carbons (Fsp3) is 0.300. The SMILES string of the molecule is CN(C)C(=O)N(Cl)c1ccccc1SC(F)(F)Cl. The Hall–Kier alpha value is -0.720. The number of rotatable bonds is 3. The van der Waals surface area contributed by atoms with Gasteiger partial charge in [0.05, 0.1) is 5.69 Å². The fourth-order valence-electron chi connectivity index (χ4n) is 1.11. The molecular weight excluding hydrogens is 305 g/mol. The Labute approximate surface area is 118 Å². The molecule has 0 aliphatic carbocycles. The van der Waals surface area contributed by atoms with E-state index >= 15 is 0 Å². The van der Waals surface area contributed by atoms with E-state index in [9.17, 15) is 13.6 Å². The molecule has 1 aromatic rings. The molecule has 0 fully saturated rings. The lowest BCUT2D eigenvalue weighted by Crippen LogP contribution is -2.33. The van der Waals surface area contributed by atoms with Crippen LogP contribution in [-0.4, -0.2) is 29.7 Å². The van der Waals surface area contributed by atoms with Crippen molar-refractivity contribution < 1.29 is 13.6 Å². The molecule has 2 amide bonds. The molecule has 0 unspecified atom stereocenters. The van der Waals surface area contributed by atoms with Crippen molar-refractivity contribution in [2.24, 2.45) is 0 Å². The van der Waals surface area contributed by atoms with Gasteiger partial charge in [0.25, 0.3) is 0 Å². The molecule has 0 aliphatic heterocycles. The zero-order valence-electron chi connectivity index (χ0n) is 9.53. The summed E-state index contributed by atoms with van der Waals surface area (Å²) in [5.41, 5.74) is 0.156. The highest BCUT2D eigenvalue weighted by atomic mass is 35.5. The summed E-state index contributed by atoms with van der Waals surface area (Å²) in [6.45, 7) is 0. The molecule has 0 radical (unpaired) electrons. The van der Waals surface area contributed by atoms with Gasteiger partial charge in [0.2, 0.25) is 0 Å². The Morgan fingerprint density at radius 1 is 1.33 bits per heavy atom. The number of benzene rings is 1. The third kappa shape index (κ3) is 4.19. The smallest absolute Gasteiger partial charge is 0.329 e. The zero-order chi connectivity index (χ0) is 13.9. The molecule has 0 atom stereocenters. The lowest BCUT2D eigenvalue weighted by atomic mass is 10.3. The molecule has 100 valence electrons. The molecule has 3 nitrogen and oxygen atoms in total. The van der Waals surface area contributed by atoms with Gasteiger partial charge >= 0.3 is 10.7 Å². The summed E-state index contributed by atoms with van der Waals surface area (Å²) < 4.78 is 22.9. The number of alkyl halides is 3. The van der Waals surface area contributed by atoms with Crippen molar-refractivity contribution >= 4 is 46.9 Å². The van der Waals surface area contributed by atoms with E-state index in [0.717, 1.165) is 4.42 Å². The van der Waals surface area contributed by atoms with Gasteiger partial charge in [-0.25, -0.2) is 9.21 Å². The van der Waals surface area contributed by atoms with Crippen LogP contribution in [0, 0.1) is 0 Å². The highest BCUT2D eigenvalue weighted by Gasteiger charge is 2.29. The Morgan fingerprint density at radius 3 is 2.39 bits per heavy atom. The van der Waals surface area contributed by atoms with Crippen molar-refractivity contribution in [1.29, 1.82) is 0 Å². The van der Waals surface area contributed by atoms with Gasteiger partial charge < -0.3 is 4.90 Å². The van der Waals surface area contributed by atoms with Gasteiger partial charge in [-0.3, -0.25) is 0 Å². The molecule has 18 heavy (non-hydrogen) atoms. The van der Waals surface area contributed by atoms with E-state index in [1.54, 1.807) is 12.1 Å². The minimum atomic E-state index is -3.46. The topological polar surface area (TPSA) is 23.6 Å². The van der Waals surface area contributed by atoms with Crippen molar-refractivity contribution in [3.8, 4) is 0 Å². The summed E-state index contributed by atoms with van der Waals surface area (Å²) in [4.78, 5) is 13.0. The Balaban J connectivity index is 3.05. The summed E-state index contributed by atoms with van der Waals surface area (Å²) in [5, 5.41) is 0. The minimum absolute atomic E-state index is 0.114. The molecule has 0 spiro atoms. The van der Waals surface area contributed by atoms with E-state index in [0.29, 0.717) is 0 Å². The maximum absolute atomic E-state index is 12.8. The molecule has 0 heterocycles. The van der Waals surface area contributed by atoms with E-state index in [1.807, 2.05) is 0 Å². The number of amides is 2. The average molecular weight is 315 g/mol. The first-order chi connectivity index (χ1) is 8.22. The van der Waals surface area contributed by atoms with Crippen molar-refractivity contribution in [2.75, 3.05) is 18.5 Å². The average Bonchev–Trinajstić information content (AvgIpc) is 2.25. The van der Waals surface area contributed by atoms with Crippen LogP contribution in [0.25, 0.3) is 0 Å². The number of halogens is 4. The standard InChI is InChI=1S/C10H10Cl2F2N2OS/c1-15(2)9(17)16(12)7-5-3-4-6-8(7)18-10(11,13)14/h3-6H,1-2H3. The third-order valence-corrected chi connectivity index (χ3v) is 3.21. The van der Waals surface area contributed by atoms with Crippen LogP contribution < -0.4 is 4.42 Å². The molecule has 0 aliphatic rings. The molecular formula is C10H10Cl2F2N2OS. The molecule has 0 saturated carbocycles. The lowest BCUT2D eigenvalue weighted by molar-refractivity contribution is 0.203. The predicted octanol–water partition coefficient (Wildman–Crippen LogP) is 4.21. The van der Waals surface area contributed by atoms with Crippen LogP contribution in [0.1, 0.15) is 0 Å². The number of anilines is 1. The molecule has 8 heteroatoms. The number of thioether (sulfide) groups is 1. The molecule has 1 rings (SSSR count). The van der Waals surface area contributed by atoms with Crippen LogP contribution in [-0.2, 0) is 0 Å². The monoisotopic (exact) mass is 314 g/mol. The Bertz CT molecular complexity index is 440. The van der Waals surface area contributed by atoms with Gasteiger partial charge in [-0.15, -0.1) is 0 Å². The first kappa shape index (κ1) is 15.3. The summed E-state index contributed by atoms with van der Waals surface area (Å²) >= 11 is 10.8. The largest absolute Gasteiger partial charge is 0.375 e. The van der Waals surface area contributed by atoms with E-state index in [4.69, 9.17) is 23.4 Å². The van der Waals surface area contributed by atoms with E-state index in [2.05, 4.69) is 0 Å². The maximum atomic E-state index is 12.8. The summed E-state index contributed by atoms with van der Waals surface area (Å²) in [6, 6.07) is 5.47. The van der Waals surface area contributed by atoms with Crippen molar-refractivity contribution in [1.82, 2.24) is 4.90 Å². The number of hydrogen-bond donors (Lipinski definition) is 0. The van der Waals surface area contributed by atoms with E-state index in [1.165, 1.54) is 31.1 Å². The lowest BCUT2D eigenvalue weighted by Gasteiger charge is -2.21. The molecule has 0 saturated heterocycles. The zero-order valence-corrected chi connectivity index (χ0v) is 11.9. The highest BCUT2D eigenvalue weighted by molar-refractivity contribution is 8.01. The van der Waals surface area contributed by atoms with Crippen molar-refractivity contribution in [2.45, 2.75) is 9.61 Å². The van der Waals surface area contributed by atoms with Crippen LogP contribution in [0.15, 0.2) is 29.2 Å². The van der Waals surface area contributed by atoms with Gasteiger partial charge in [-0.2, -0.15) is 8.78 Å². The van der Waals surface area contributed by atoms with Crippen LogP contribution in [0.3, 0.4) is 0 Å². The highest BCUT2D eigenvalue weighted by Crippen LogP contribution is 2.43. The second kappa shape index (κ2) is 5.95. The number of nitrogens with zero attached hydrogens (tertiary/aromatic N) is 2. The Kier molecular flexibility index (Phi) is 5.07. The minimum Gasteiger partial charge on any atom is -0.329 e. The quantitative estimate of drug-likeness (QED) is 0.474. The first-order valence-corrected chi connectivity index (χ1v) is 6.27. The number of carbonyl (C=O) groups is 1. The number of urea groups is 1. The molecule has 0 aromatic heterocycles. The molecule has 0 N–H and O–H groups in total. The number of carbonyl (C=O) groups excluding carboxylic acids is 1. The van der Waals surface area contributed by atoms with Crippen LogP contribution in [0.5, 0.6) is 0 Å². The van der Waals surface area contributed by atoms with Gasteiger partial charge in [-0.1, -0.05) is 12.1 Å². The van der Waals surface area contributed by atoms with Crippen molar-refractivity contribution in [3.63, 3.8) is 0 Å². The third-order valence-electron chi connectivity index (χ3n) is 1.85. The summed E-state index contributed by atoms with van der Waals surface area (Å²) in [7, 11) is 3.01. The fourth-order valence-corrected chi connectivity index (χ4v) is 2.37. The molecule has 0 bridgehead atoms. The predicted molar refractivity (Wildman–Crippen MR) is 70.5 cm³/mol. The van der Waals surface area contributed by atoms with Crippen LogP contribution >= 0.6 is 35.1 Å². The van der Waals surface area contributed by atoms with Gasteiger partial charge in [0.1, 0.15) is 0 Å². The summed E-state index contributed by atoms with van der Waals surface area (Å²) in [5.74, 6) is 0. The normalized spacial score (nSPS) is 11.2. The second-order valence-electron chi connectivity index (χ2n) is 3.47. The number of hydrogen-bond acceptors (Lipinski definition) is 2. The molecule has 1 aromatic carbocycles. The van der Waals surface area contributed by atoms with E-state index in [-0.39, 0.29) is 22.3 Å². The van der Waals surface area contributed by atoms with Crippen LogP contribution in [0.2, 0.25) is 0 Å². The van der Waals surface area contributed by atoms with Gasteiger partial charge in [-0.05, 0) is 35.5 Å². The van der Waals surface area contributed by atoms with Crippen molar-refractivity contribution in [3.05, 3.63) is 24.3 Å². The maximum Gasteiger partial charge on any atom is 0.375 e. The van der Waals surface area contributed by atoms with Gasteiger partial charge in [0.15, 0.2) is 0 Å². The first-order valence-electron chi connectivity index (χ1n) is 4.74. The second-order valence-corrected chi connectivity index (χ2v) is 5.67. The van der Waals surface area contributed by atoms with Crippen LogP contribution in [0.4, 0.5) is 19.3 Å². The van der Waals surface area contributed by atoms with E-state index < -0.39 is 10.7 Å². The Morgan fingerprint density at radius 2 is 1.89 bits per heavy atom. The number of para-hydroxylation sites is 1. The van der Waals surface area contributed by atoms with Gasteiger partial charge in [0, 0.05) is 30.8 Å². The summed E-state index contributed by atoms with van der Waals surface area (Å²) in [6.07, 6.45) is 0.